The van der Waals surface area contributed by atoms with E-state index in [0.29, 0.717) is 17.9 Å². The summed E-state index contributed by atoms with van der Waals surface area (Å²) in [5.74, 6) is 0.199. The third-order valence-electron chi connectivity index (χ3n) is 3.61. The minimum absolute atomic E-state index is 0.119. The van der Waals surface area contributed by atoms with Crippen molar-refractivity contribution in [3.05, 3.63) is 29.8 Å². The lowest BCUT2D eigenvalue weighted by atomic mass is 10.1. The van der Waals surface area contributed by atoms with Crippen LogP contribution in [0.3, 0.4) is 0 Å². The second-order valence-electron chi connectivity index (χ2n) is 5.49. The molecular formula is C15H21NO3S. The SMILES string of the molecule is CC(=O)CCCCC1CN1S(=O)(=O)c1ccc(C)cc1. The molecule has 2 atom stereocenters. The average molecular weight is 295 g/mol. The van der Waals surface area contributed by atoms with Crippen LogP contribution in [0.15, 0.2) is 29.2 Å². The quantitative estimate of drug-likeness (QED) is 0.574. The fourth-order valence-corrected chi connectivity index (χ4v) is 3.91. The zero-order valence-electron chi connectivity index (χ0n) is 12.0. The largest absolute Gasteiger partial charge is 0.300 e. The summed E-state index contributed by atoms with van der Waals surface area (Å²) in [7, 11) is -3.32. The predicted octanol–water partition coefficient (Wildman–Crippen LogP) is 2.52. The van der Waals surface area contributed by atoms with Crippen molar-refractivity contribution in [2.75, 3.05) is 6.54 Å². The zero-order chi connectivity index (χ0) is 14.8. The van der Waals surface area contributed by atoms with Crippen molar-refractivity contribution in [3.8, 4) is 0 Å². The first-order valence-electron chi connectivity index (χ1n) is 6.99. The summed E-state index contributed by atoms with van der Waals surface area (Å²) in [6, 6.07) is 7.08. The maximum absolute atomic E-state index is 12.3. The van der Waals surface area contributed by atoms with Crippen molar-refractivity contribution < 1.29 is 13.2 Å². The van der Waals surface area contributed by atoms with Crippen LogP contribution in [0.4, 0.5) is 0 Å². The number of nitrogens with zero attached hydrogens (tertiary/aromatic N) is 1. The fraction of sp³-hybridized carbons (Fsp3) is 0.533. The summed E-state index contributed by atoms with van der Waals surface area (Å²) >= 11 is 0. The lowest BCUT2D eigenvalue weighted by molar-refractivity contribution is -0.117. The zero-order valence-corrected chi connectivity index (χ0v) is 12.8. The molecule has 1 saturated heterocycles. The third-order valence-corrected chi connectivity index (χ3v) is 5.54. The summed E-state index contributed by atoms with van der Waals surface area (Å²) in [6.07, 6.45) is 3.20. The van der Waals surface area contributed by atoms with Gasteiger partial charge in [-0.3, -0.25) is 0 Å². The van der Waals surface area contributed by atoms with Gasteiger partial charge in [-0.1, -0.05) is 24.1 Å². The van der Waals surface area contributed by atoms with Crippen molar-refractivity contribution in [2.24, 2.45) is 0 Å². The van der Waals surface area contributed by atoms with Gasteiger partial charge in [0.15, 0.2) is 0 Å². The van der Waals surface area contributed by atoms with Crippen LogP contribution in [0.1, 0.15) is 38.2 Å². The van der Waals surface area contributed by atoms with Crippen LogP contribution in [-0.2, 0) is 14.8 Å². The lowest BCUT2D eigenvalue weighted by Gasteiger charge is -2.06. The molecule has 110 valence electrons. The maximum atomic E-state index is 12.3. The van der Waals surface area contributed by atoms with Gasteiger partial charge >= 0.3 is 0 Å². The van der Waals surface area contributed by atoms with Crippen LogP contribution >= 0.6 is 0 Å². The van der Waals surface area contributed by atoms with E-state index in [1.807, 2.05) is 19.1 Å². The molecule has 1 heterocycles. The molecule has 5 heteroatoms. The highest BCUT2D eigenvalue weighted by Crippen LogP contribution is 2.31. The molecule has 0 saturated carbocycles. The van der Waals surface area contributed by atoms with Gasteiger partial charge in [0.25, 0.3) is 0 Å². The number of carbonyl (C=O) groups excluding carboxylic acids is 1. The number of Topliss-reactive ketones (excluding diaryl/α,β-unsaturated/α-hetero) is 1. The molecule has 0 N–H and O–H groups in total. The Balaban J connectivity index is 1.87. The van der Waals surface area contributed by atoms with Gasteiger partial charge in [-0.2, -0.15) is 4.31 Å². The molecule has 0 radical (unpaired) electrons. The van der Waals surface area contributed by atoms with E-state index in [1.165, 1.54) is 0 Å². The van der Waals surface area contributed by atoms with Crippen LogP contribution < -0.4 is 0 Å². The maximum Gasteiger partial charge on any atom is 0.243 e. The first-order valence-corrected chi connectivity index (χ1v) is 8.43. The molecule has 2 unspecified atom stereocenters. The number of sulfonamides is 1. The van der Waals surface area contributed by atoms with Gasteiger partial charge in [0.2, 0.25) is 10.0 Å². The minimum atomic E-state index is -3.32. The first-order chi connectivity index (χ1) is 9.41. The highest BCUT2D eigenvalue weighted by molar-refractivity contribution is 7.89. The van der Waals surface area contributed by atoms with Crippen LogP contribution in [0.5, 0.6) is 0 Å². The van der Waals surface area contributed by atoms with Gasteiger partial charge in [-0.25, -0.2) is 8.42 Å². The van der Waals surface area contributed by atoms with Crippen LogP contribution in [0.2, 0.25) is 0 Å². The monoisotopic (exact) mass is 295 g/mol. The van der Waals surface area contributed by atoms with E-state index >= 15 is 0 Å². The van der Waals surface area contributed by atoms with Crippen LogP contribution in [0.25, 0.3) is 0 Å². The average Bonchev–Trinajstić information content (AvgIpc) is 3.15. The Labute approximate surface area is 120 Å². The molecule has 1 aliphatic rings. The van der Waals surface area contributed by atoms with Gasteiger partial charge in [-0.15, -0.1) is 0 Å². The molecule has 1 aliphatic heterocycles. The molecule has 0 aromatic heterocycles. The van der Waals surface area contributed by atoms with E-state index in [9.17, 15) is 13.2 Å². The summed E-state index contributed by atoms with van der Waals surface area (Å²) in [4.78, 5) is 11.2. The predicted molar refractivity (Wildman–Crippen MR) is 78.0 cm³/mol. The molecule has 4 nitrogen and oxygen atoms in total. The molecule has 1 aromatic carbocycles. The molecular weight excluding hydrogens is 274 g/mol. The van der Waals surface area contributed by atoms with Crippen LogP contribution in [0, 0.1) is 6.92 Å². The third kappa shape index (κ3) is 3.67. The van der Waals surface area contributed by atoms with Gasteiger partial charge in [0.05, 0.1) is 4.90 Å². The van der Waals surface area contributed by atoms with E-state index in [2.05, 4.69) is 0 Å². The van der Waals surface area contributed by atoms with Gasteiger partial charge in [0.1, 0.15) is 5.78 Å². The molecule has 0 aliphatic carbocycles. The molecule has 0 bridgehead atoms. The summed E-state index contributed by atoms with van der Waals surface area (Å²) in [5.41, 5.74) is 1.05. The number of benzene rings is 1. The topological polar surface area (TPSA) is 54.2 Å². The summed E-state index contributed by atoms with van der Waals surface area (Å²) < 4.78 is 26.2. The standard InChI is InChI=1S/C15H21NO3S/c1-12-7-9-15(10-8-12)20(18,19)16-11-14(16)6-4-3-5-13(2)17/h7-10,14H,3-6,11H2,1-2H3. The van der Waals surface area contributed by atoms with Gasteiger partial charge in [-0.05, 0) is 38.8 Å². The van der Waals surface area contributed by atoms with Crippen molar-refractivity contribution in [3.63, 3.8) is 0 Å². The highest BCUT2D eigenvalue weighted by Gasteiger charge is 2.43. The summed E-state index contributed by atoms with van der Waals surface area (Å²) in [6.45, 7) is 4.13. The number of aryl methyl sites for hydroxylation is 1. The molecule has 2 rings (SSSR count). The molecule has 0 amide bonds. The van der Waals surface area contributed by atoms with E-state index in [4.69, 9.17) is 0 Å². The van der Waals surface area contributed by atoms with Crippen LogP contribution in [-0.4, -0.2) is 31.1 Å². The number of rotatable bonds is 7. The number of ketones is 1. The number of carbonyl (C=O) groups is 1. The number of unbranched alkanes of at least 4 members (excludes halogenated alkanes) is 1. The summed E-state index contributed by atoms with van der Waals surface area (Å²) in [5, 5.41) is 0. The Morgan fingerprint density at radius 2 is 1.90 bits per heavy atom. The van der Waals surface area contributed by atoms with Crippen molar-refractivity contribution >= 4 is 15.8 Å². The van der Waals surface area contributed by atoms with Gasteiger partial charge in [0, 0.05) is 19.0 Å². The second kappa shape index (κ2) is 6.06. The first kappa shape index (κ1) is 15.2. The Kier molecular flexibility index (Phi) is 4.60. The smallest absolute Gasteiger partial charge is 0.243 e. The normalized spacial score (nSPS) is 21.7. The Morgan fingerprint density at radius 3 is 2.50 bits per heavy atom. The number of hydrogen-bond acceptors (Lipinski definition) is 3. The molecule has 0 spiro atoms. The van der Waals surface area contributed by atoms with E-state index in [1.54, 1.807) is 23.4 Å². The Hall–Kier alpha value is -1.20. The van der Waals surface area contributed by atoms with Crippen molar-refractivity contribution in [1.82, 2.24) is 4.31 Å². The molecule has 20 heavy (non-hydrogen) atoms. The van der Waals surface area contributed by atoms with E-state index in [-0.39, 0.29) is 11.8 Å². The lowest BCUT2D eigenvalue weighted by Crippen LogP contribution is -2.14. The molecule has 1 aromatic rings. The van der Waals surface area contributed by atoms with E-state index < -0.39 is 10.0 Å². The van der Waals surface area contributed by atoms with Gasteiger partial charge < -0.3 is 4.79 Å². The Bertz CT molecular complexity index is 578. The molecule has 1 fully saturated rings. The van der Waals surface area contributed by atoms with E-state index in [0.717, 1.165) is 24.8 Å². The van der Waals surface area contributed by atoms with Crippen molar-refractivity contribution in [2.45, 2.75) is 50.5 Å². The minimum Gasteiger partial charge on any atom is -0.300 e. The highest BCUT2D eigenvalue weighted by atomic mass is 32.2. The fourth-order valence-electron chi connectivity index (χ4n) is 2.29. The second-order valence-corrected chi connectivity index (χ2v) is 7.38. The van der Waals surface area contributed by atoms with Crippen molar-refractivity contribution in [1.29, 1.82) is 0 Å². The number of hydrogen-bond donors (Lipinski definition) is 0. The Morgan fingerprint density at radius 1 is 1.25 bits per heavy atom.